The molecule has 0 aliphatic carbocycles. The number of nitrogens with zero attached hydrogens (tertiary/aromatic N) is 2. The van der Waals surface area contributed by atoms with Gasteiger partial charge in [-0.1, -0.05) is 29.8 Å². The highest BCUT2D eigenvalue weighted by molar-refractivity contribution is 5.23. The Morgan fingerprint density at radius 2 is 2.11 bits per heavy atom. The van der Waals surface area contributed by atoms with Crippen LogP contribution >= 0.6 is 0 Å². The van der Waals surface area contributed by atoms with Crippen molar-refractivity contribution in [1.82, 2.24) is 9.80 Å². The minimum Gasteiger partial charge on any atom is -0.391 e. The molecular weight excluding hydrogens is 224 g/mol. The van der Waals surface area contributed by atoms with Crippen molar-refractivity contribution in [1.29, 1.82) is 0 Å². The van der Waals surface area contributed by atoms with Gasteiger partial charge in [0, 0.05) is 25.7 Å². The summed E-state index contributed by atoms with van der Waals surface area (Å²) in [6.45, 7) is 5.16. The normalized spacial score (nSPS) is 24.1. The zero-order chi connectivity index (χ0) is 13.1. The highest BCUT2D eigenvalue weighted by Gasteiger charge is 2.28. The Hall–Kier alpha value is -0.900. The minimum absolute atomic E-state index is 0.240. The summed E-state index contributed by atoms with van der Waals surface area (Å²) in [5, 5.41) is 10.4. The van der Waals surface area contributed by atoms with Gasteiger partial charge in [0.1, 0.15) is 0 Å². The first-order valence-electron chi connectivity index (χ1n) is 6.68. The Labute approximate surface area is 110 Å². The van der Waals surface area contributed by atoms with Gasteiger partial charge in [0.25, 0.3) is 0 Å². The Morgan fingerprint density at radius 1 is 1.33 bits per heavy atom. The summed E-state index contributed by atoms with van der Waals surface area (Å²) in [5.74, 6) is 0. The number of benzene rings is 1. The second-order valence-electron chi connectivity index (χ2n) is 5.57. The molecule has 0 bridgehead atoms. The predicted octanol–water partition coefficient (Wildman–Crippen LogP) is 1.14. The number of aryl methyl sites for hydroxylation is 1. The molecule has 2 atom stereocenters. The van der Waals surface area contributed by atoms with E-state index in [4.69, 9.17) is 0 Å². The van der Waals surface area contributed by atoms with E-state index in [1.54, 1.807) is 0 Å². The molecule has 18 heavy (non-hydrogen) atoms. The zero-order valence-electron chi connectivity index (χ0n) is 11.6. The van der Waals surface area contributed by atoms with E-state index in [0.29, 0.717) is 0 Å². The molecule has 0 saturated carbocycles. The fraction of sp³-hybridized carbons (Fsp3) is 0.600. The summed E-state index contributed by atoms with van der Waals surface area (Å²) >= 11 is 0. The van der Waals surface area contributed by atoms with Crippen LogP contribution < -0.4 is 0 Å². The molecule has 1 aliphatic heterocycles. The van der Waals surface area contributed by atoms with Gasteiger partial charge >= 0.3 is 0 Å². The van der Waals surface area contributed by atoms with Gasteiger partial charge in [-0.3, -0.25) is 4.90 Å². The van der Waals surface area contributed by atoms with Crippen LogP contribution in [0.2, 0.25) is 0 Å². The van der Waals surface area contributed by atoms with Crippen LogP contribution in [0.15, 0.2) is 24.3 Å². The van der Waals surface area contributed by atoms with Gasteiger partial charge in [-0.2, -0.15) is 0 Å². The van der Waals surface area contributed by atoms with Crippen LogP contribution in [0.25, 0.3) is 0 Å². The largest absolute Gasteiger partial charge is 0.391 e. The van der Waals surface area contributed by atoms with Crippen LogP contribution in [0, 0.1) is 6.92 Å². The molecule has 100 valence electrons. The standard InChI is InChI=1S/C15H24N2O/c1-12-5-4-6-13(9-12)10-15(18)14-11-16(2)7-8-17(14)3/h4-6,9,14-15,18H,7-8,10-11H2,1-3H3. The first-order chi connectivity index (χ1) is 8.56. The summed E-state index contributed by atoms with van der Waals surface area (Å²) in [5.41, 5.74) is 2.48. The predicted molar refractivity (Wildman–Crippen MR) is 74.8 cm³/mol. The maximum atomic E-state index is 10.4. The van der Waals surface area contributed by atoms with Crippen molar-refractivity contribution in [2.75, 3.05) is 33.7 Å². The van der Waals surface area contributed by atoms with Gasteiger partial charge in [0.05, 0.1) is 6.10 Å². The molecule has 0 amide bonds. The maximum Gasteiger partial charge on any atom is 0.0747 e. The lowest BCUT2D eigenvalue weighted by atomic mass is 9.98. The summed E-state index contributed by atoms with van der Waals surface area (Å²) < 4.78 is 0. The van der Waals surface area contributed by atoms with Crippen molar-refractivity contribution < 1.29 is 5.11 Å². The Morgan fingerprint density at radius 3 is 2.83 bits per heavy atom. The van der Waals surface area contributed by atoms with Gasteiger partial charge < -0.3 is 10.0 Å². The molecule has 2 rings (SSSR count). The molecule has 1 aliphatic rings. The van der Waals surface area contributed by atoms with Crippen molar-refractivity contribution in [2.45, 2.75) is 25.5 Å². The average molecular weight is 248 g/mol. The zero-order valence-corrected chi connectivity index (χ0v) is 11.6. The highest BCUT2D eigenvalue weighted by atomic mass is 16.3. The number of hydrogen-bond donors (Lipinski definition) is 1. The number of aliphatic hydroxyl groups is 1. The Bertz CT molecular complexity index is 394. The third-order valence-electron chi connectivity index (χ3n) is 3.87. The molecule has 1 fully saturated rings. The van der Waals surface area contributed by atoms with E-state index in [9.17, 15) is 5.11 Å². The first-order valence-corrected chi connectivity index (χ1v) is 6.68. The van der Waals surface area contributed by atoms with E-state index in [1.807, 2.05) is 0 Å². The van der Waals surface area contributed by atoms with E-state index in [-0.39, 0.29) is 12.1 Å². The van der Waals surface area contributed by atoms with Gasteiger partial charge in [-0.25, -0.2) is 0 Å². The fourth-order valence-electron chi connectivity index (χ4n) is 2.68. The van der Waals surface area contributed by atoms with Crippen LogP contribution in [0.3, 0.4) is 0 Å². The molecular formula is C15H24N2O. The molecule has 0 radical (unpaired) electrons. The van der Waals surface area contributed by atoms with E-state index in [1.165, 1.54) is 11.1 Å². The van der Waals surface area contributed by atoms with Gasteiger partial charge in [0.2, 0.25) is 0 Å². The SMILES string of the molecule is Cc1cccc(CC(O)C2CN(C)CCN2C)c1. The summed E-state index contributed by atoms with van der Waals surface area (Å²) in [6.07, 6.45) is 0.449. The molecule has 3 nitrogen and oxygen atoms in total. The number of aliphatic hydroxyl groups excluding tert-OH is 1. The lowest BCUT2D eigenvalue weighted by Gasteiger charge is -2.40. The second-order valence-corrected chi connectivity index (χ2v) is 5.57. The molecule has 1 saturated heterocycles. The van der Waals surface area contributed by atoms with Crippen molar-refractivity contribution in [3.05, 3.63) is 35.4 Å². The van der Waals surface area contributed by atoms with Crippen LogP contribution in [0.4, 0.5) is 0 Å². The summed E-state index contributed by atoms with van der Waals surface area (Å²) in [7, 11) is 4.23. The lowest BCUT2D eigenvalue weighted by molar-refractivity contribution is 0.0153. The van der Waals surface area contributed by atoms with Crippen molar-refractivity contribution in [2.24, 2.45) is 0 Å². The number of rotatable bonds is 3. The van der Waals surface area contributed by atoms with Crippen molar-refractivity contribution in [3.8, 4) is 0 Å². The maximum absolute atomic E-state index is 10.4. The fourth-order valence-corrected chi connectivity index (χ4v) is 2.68. The molecule has 1 aromatic carbocycles. The summed E-state index contributed by atoms with van der Waals surface area (Å²) in [4.78, 5) is 4.57. The Kier molecular flexibility index (Phi) is 4.38. The molecule has 3 heteroatoms. The Balaban J connectivity index is 2.00. The monoisotopic (exact) mass is 248 g/mol. The van der Waals surface area contributed by atoms with E-state index in [2.05, 4.69) is 55.1 Å². The smallest absolute Gasteiger partial charge is 0.0747 e. The third kappa shape index (κ3) is 3.31. The lowest BCUT2D eigenvalue weighted by Crippen LogP contribution is -2.55. The first kappa shape index (κ1) is 13.5. The van der Waals surface area contributed by atoms with E-state index in [0.717, 1.165) is 26.1 Å². The molecule has 0 aromatic heterocycles. The van der Waals surface area contributed by atoms with Gasteiger partial charge in [0.15, 0.2) is 0 Å². The molecule has 1 heterocycles. The van der Waals surface area contributed by atoms with Crippen LogP contribution in [0.5, 0.6) is 0 Å². The third-order valence-corrected chi connectivity index (χ3v) is 3.87. The van der Waals surface area contributed by atoms with Crippen molar-refractivity contribution >= 4 is 0 Å². The minimum atomic E-state index is -0.292. The molecule has 2 unspecified atom stereocenters. The average Bonchev–Trinajstić information content (AvgIpc) is 2.32. The molecule has 0 spiro atoms. The van der Waals surface area contributed by atoms with Crippen molar-refractivity contribution in [3.63, 3.8) is 0 Å². The topological polar surface area (TPSA) is 26.7 Å². The number of likely N-dealkylation sites (N-methyl/N-ethyl adjacent to an activating group) is 2. The molecule has 1 aromatic rings. The second kappa shape index (κ2) is 5.83. The quantitative estimate of drug-likeness (QED) is 0.869. The van der Waals surface area contributed by atoms with Gasteiger partial charge in [-0.15, -0.1) is 0 Å². The van der Waals surface area contributed by atoms with E-state index >= 15 is 0 Å². The number of piperazine rings is 1. The van der Waals surface area contributed by atoms with E-state index < -0.39 is 0 Å². The summed E-state index contributed by atoms with van der Waals surface area (Å²) in [6, 6.07) is 8.66. The highest BCUT2D eigenvalue weighted by Crippen LogP contribution is 2.15. The van der Waals surface area contributed by atoms with Gasteiger partial charge in [-0.05, 0) is 33.0 Å². The van der Waals surface area contributed by atoms with Crippen LogP contribution in [-0.4, -0.2) is 60.8 Å². The number of hydrogen-bond acceptors (Lipinski definition) is 3. The molecule has 1 N–H and O–H groups in total. The van der Waals surface area contributed by atoms with Crippen LogP contribution in [0.1, 0.15) is 11.1 Å². The van der Waals surface area contributed by atoms with Crippen LogP contribution in [-0.2, 0) is 6.42 Å².